The molecule has 3 nitrogen and oxygen atoms in total. The number of aromatic nitrogens is 1. The van der Waals surface area contributed by atoms with E-state index in [1.165, 1.54) is 0 Å². The second-order valence-electron chi connectivity index (χ2n) is 3.12. The van der Waals surface area contributed by atoms with Crippen LogP contribution in [0.1, 0.15) is 10.6 Å². The third-order valence-electron chi connectivity index (χ3n) is 2.24. The van der Waals surface area contributed by atoms with Crippen LogP contribution in [0, 0.1) is 0 Å². The lowest BCUT2D eigenvalue weighted by Crippen LogP contribution is -1.92. The predicted octanol–water partition coefficient (Wildman–Crippen LogP) is 2.63. The molecule has 4 heteroatoms. The number of hydrogen-bond acceptors (Lipinski definition) is 3. The normalized spacial score (nSPS) is 12.7. The van der Waals surface area contributed by atoms with Crippen molar-refractivity contribution in [1.82, 2.24) is 4.98 Å². The molecule has 0 aliphatic rings. The van der Waals surface area contributed by atoms with Crippen molar-refractivity contribution in [3.63, 3.8) is 0 Å². The van der Waals surface area contributed by atoms with Gasteiger partial charge < -0.3 is 9.84 Å². The van der Waals surface area contributed by atoms with Crippen LogP contribution in [0.4, 0.5) is 0 Å². The standard InChI is InChI=1S/C11H10BrNO2/c1-15-7-2-3-10-9(6-7)8(11(12)14)4-5-13-10/h2-6,11,14H,1H3. The molecule has 1 aromatic heterocycles. The monoisotopic (exact) mass is 267 g/mol. The van der Waals surface area contributed by atoms with Crippen molar-refractivity contribution in [2.45, 2.75) is 5.01 Å². The third kappa shape index (κ3) is 1.96. The molecule has 15 heavy (non-hydrogen) atoms. The fourth-order valence-corrected chi connectivity index (χ4v) is 1.88. The summed E-state index contributed by atoms with van der Waals surface area (Å²) in [6, 6.07) is 7.36. The average molecular weight is 268 g/mol. The number of pyridine rings is 1. The van der Waals surface area contributed by atoms with Gasteiger partial charge in [0.1, 0.15) is 10.8 Å². The summed E-state index contributed by atoms with van der Waals surface area (Å²) in [5, 5.41) is 9.74. The van der Waals surface area contributed by atoms with Gasteiger partial charge in [0.25, 0.3) is 0 Å². The van der Waals surface area contributed by atoms with Crippen LogP contribution in [0.5, 0.6) is 5.75 Å². The maximum Gasteiger partial charge on any atom is 0.134 e. The zero-order chi connectivity index (χ0) is 10.8. The van der Waals surface area contributed by atoms with Crippen LogP contribution in [-0.4, -0.2) is 17.2 Å². The van der Waals surface area contributed by atoms with Gasteiger partial charge in [-0.3, -0.25) is 4.98 Å². The Morgan fingerprint density at radius 3 is 2.87 bits per heavy atom. The summed E-state index contributed by atoms with van der Waals surface area (Å²) in [5.41, 5.74) is 1.63. The lowest BCUT2D eigenvalue weighted by atomic mass is 10.1. The Labute approximate surface area is 95.8 Å². The second-order valence-corrected chi connectivity index (χ2v) is 3.99. The van der Waals surface area contributed by atoms with E-state index in [1.807, 2.05) is 18.2 Å². The van der Waals surface area contributed by atoms with Crippen LogP contribution in [0.25, 0.3) is 10.9 Å². The molecule has 1 heterocycles. The minimum Gasteiger partial charge on any atom is -0.497 e. The molecule has 0 saturated heterocycles. The first-order valence-electron chi connectivity index (χ1n) is 4.47. The van der Waals surface area contributed by atoms with Gasteiger partial charge in [0, 0.05) is 17.1 Å². The maximum absolute atomic E-state index is 9.53. The molecule has 1 aromatic carbocycles. The molecule has 0 aliphatic heterocycles. The Balaban J connectivity index is 2.70. The van der Waals surface area contributed by atoms with E-state index >= 15 is 0 Å². The summed E-state index contributed by atoms with van der Waals surface area (Å²) >= 11 is 3.14. The van der Waals surface area contributed by atoms with E-state index in [0.29, 0.717) is 0 Å². The minimum absolute atomic E-state index is 0.685. The van der Waals surface area contributed by atoms with E-state index in [2.05, 4.69) is 20.9 Å². The molecule has 2 aromatic rings. The number of hydrogen-bond donors (Lipinski definition) is 1. The fraction of sp³-hybridized carbons (Fsp3) is 0.182. The number of rotatable bonds is 2. The van der Waals surface area contributed by atoms with Gasteiger partial charge >= 0.3 is 0 Å². The first-order valence-corrected chi connectivity index (χ1v) is 5.38. The van der Waals surface area contributed by atoms with Gasteiger partial charge in [-0.2, -0.15) is 0 Å². The summed E-state index contributed by atoms with van der Waals surface area (Å²) in [6.07, 6.45) is 1.68. The topological polar surface area (TPSA) is 42.4 Å². The van der Waals surface area contributed by atoms with Gasteiger partial charge in [0.2, 0.25) is 0 Å². The molecule has 0 bridgehead atoms. The number of ether oxygens (including phenoxy) is 1. The summed E-state index contributed by atoms with van der Waals surface area (Å²) < 4.78 is 5.13. The summed E-state index contributed by atoms with van der Waals surface area (Å²) in [6.45, 7) is 0. The molecule has 0 radical (unpaired) electrons. The Morgan fingerprint density at radius 2 is 2.20 bits per heavy atom. The maximum atomic E-state index is 9.53. The molecule has 0 amide bonds. The molecule has 1 atom stereocenters. The Kier molecular flexibility index (Phi) is 2.88. The highest BCUT2D eigenvalue weighted by Gasteiger charge is 2.08. The quantitative estimate of drug-likeness (QED) is 0.851. The summed E-state index contributed by atoms with van der Waals surface area (Å²) in [7, 11) is 1.61. The number of fused-ring (bicyclic) bond motifs is 1. The van der Waals surface area contributed by atoms with E-state index in [1.54, 1.807) is 19.4 Å². The number of aliphatic hydroxyl groups excluding tert-OH is 1. The second kappa shape index (κ2) is 4.16. The molecule has 0 saturated carbocycles. The Hall–Kier alpha value is -1.13. The zero-order valence-corrected chi connectivity index (χ0v) is 9.73. The highest BCUT2D eigenvalue weighted by atomic mass is 79.9. The number of methoxy groups -OCH3 is 1. The van der Waals surface area contributed by atoms with Crippen LogP contribution in [0.3, 0.4) is 0 Å². The van der Waals surface area contributed by atoms with Crippen LogP contribution in [0.2, 0.25) is 0 Å². The molecule has 2 rings (SSSR count). The summed E-state index contributed by atoms with van der Waals surface area (Å²) in [5.74, 6) is 0.755. The highest BCUT2D eigenvalue weighted by molar-refractivity contribution is 9.09. The third-order valence-corrected chi connectivity index (χ3v) is 2.73. The minimum atomic E-state index is -0.685. The number of benzene rings is 1. The van der Waals surface area contributed by atoms with E-state index in [0.717, 1.165) is 22.2 Å². The largest absolute Gasteiger partial charge is 0.497 e. The van der Waals surface area contributed by atoms with Gasteiger partial charge in [-0.05, 0) is 24.3 Å². The first-order chi connectivity index (χ1) is 7.22. The van der Waals surface area contributed by atoms with Crippen molar-refractivity contribution >= 4 is 26.8 Å². The smallest absolute Gasteiger partial charge is 0.134 e. The Bertz CT molecular complexity index is 485. The summed E-state index contributed by atoms with van der Waals surface area (Å²) in [4.78, 5) is 4.21. The van der Waals surface area contributed by atoms with Gasteiger partial charge in [-0.15, -0.1) is 0 Å². The van der Waals surface area contributed by atoms with Crippen LogP contribution in [-0.2, 0) is 0 Å². The molecule has 0 aliphatic carbocycles. The van der Waals surface area contributed by atoms with E-state index in [9.17, 15) is 5.11 Å². The number of aliphatic hydroxyl groups is 1. The molecule has 1 N–H and O–H groups in total. The van der Waals surface area contributed by atoms with Crippen molar-refractivity contribution < 1.29 is 9.84 Å². The molecular weight excluding hydrogens is 258 g/mol. The molecular formula is C11H10BrNO2. The lowest BCUT2D eigenvalue weighted by Gasteiger charge is -2.08. The number of alkyl halides is 1. The van der Waals surface area contributed by atoms with Crippen molar-refractivity contribution in [1.29, 1.82) is 0 Å². The van der Waals surface area contributed by atoms with Gasteiger partial charge in [-0.1, -0.05) is 15.9 Å². The molecule has 0 fully saturated rings. The SMILES string of the molecule is COc1ccc2nccc(C(O)Br)c2c1. The lowest BCUT2D eigenvalue weighted by molar-refractivity contribution is 0.278. The van der Waals surface area contributed by atoms with Gasteiger partial charge in [-0.25, -0.2) is 0 Å². The molecule has 78 valence electrons. The molecule has 0 spiro atoms. The first kappa shape index (κ1) is 10.4. The Morgan fingerprint density at radius 1 is 1.40 bits per heavy atom. The van der Waals surface area contributed by atoms with Crippen LogP contribution < -0.4 is 4.74 Å². The number of nitrogens with zero attached hydrogens (tertiary/aromatic N) is 1. The van der Waals surface area contributed by atoms with Gasteiger partial charge in [0.05, 0.1) is 12.6 Å². The van der Waals surface area contributed by atoms with E-state index in [4.69, 9.17) is 4.74 Å². The zero-order valence-electron chi connectivity index (χ0n) is 8.14. The van der Waals surface area contributed by atoms with E-state index in [-0.39, 0.29) is 0 Å². The fourth-order valence-electron chi connectivity index (χ4n) is 1.48. The van der Waals surface area contributed by atoms with Gasteiger partial charge in [0.15, 0.2) is 0 Å². The van der Waals surface area contributed by atoms with E-state index < -0.39 is 5.01 Å². The van der Waals surface area contributed by atoms with Crippen molar-refractivity contribution in [3.05, 3.63) is 36.0 Å². The predicted molar refractivity (Wildman–Crippen MR) is 62.2 cm³/mol. The highest BCUT2D eigenvalue weighted by Crippen LogP contribution is 2.29. The number of halogens is 1. The van der Waals surface area contributed by atoms with Crippen molar-refractivity contribution in [3.8, 4) is 5.75 Å². The van der Waals surface area contributed by atoms with Crippen LogP contribution >= 0.6 is 15.9 Å². The molecule has 1 unspecified atom stereocenters. The van der Waals surface area contributed by atoms with Crippen molar-refractivity contribution in [2.24, 2.45) is 0 Å². The van der Waals surface area contributed by atoms with Crippen molar-refractivity contribution in [2.75, 3.05) is 7.11 Å². The van der Waals surface area contributed by atoms with Crippen LogP contribution in [0.15, 0.2) is 30.5 Å². The average Bonchev–Trinajstić information content (AvgIpc) is 2.27.